The van der Waals surface area contributed by atoms with Crippen LogP contribution in [0.1, 0.15) is 13.8 Å². The number of nitrogens with one attached hydrogen (secondary N) is 1. The number of nitrogens with zero attached hydrogens (tertiary/aromatic N) is 2. The van der Waals surface area contributed by atoms with Crippen LogP contribution in [0.2, 0.25) is 0 Å². The van der Waals surface area contributed by atoms with Crippen molar-refractivity contribution in [3.63, 3.8) is 0 Å². The van der Waals surface area contributed by atoms with Crippen LogP contribution >= 0.6 is 11.8 Å². The van der Waals surface area contributed by atoms with Crippen LogP contribution in [0.15, 0.2) is 53.7 Å². The maximum absolute atomic E-state index is 13.3. The normalized spacial score (nSPS) is 19.8. The summed E-state index contributed by atoms with van der Waals surface area (Å²) in [6.07, 6.45) is 3.23. The van der Waals surface area contributed by atoms with Crippen LogP contribution in [-0.2, 0) is 14.8 Å². The molecule has 3 rings (SSSR count). The number of benzene rings is 1. The Morgan fingerprint density at radius 1 is 1.18 bits per heavy atom. The van der Waals surface area contributed by atoms with Gasteiger partial charge in [0.15, 0.2) is 0 Å². The maximum atomic E-state index is 13.3. The van der Waals surface area contributed by atoms with Crippen molar-refractivity contribution in [1.29, 1.82) is 0 Å². The molecule has 150 valence electrons. The molecular weight excluding hydrogens is 398 g/mol. The van der Waals surface area contributed by atoms with Crippen molar-refractivity contribution in [2.45, 2.75) is 29.5 Å². The van der Waals surface area contributed by atoms with Gasteiger partial charge in [0.05, 0.1) is 4.90 Å². The van der Waals surface area contributed by atoms with Crippen molar-refractivity contribution in [1.82, 2.24) is 14.6 Å². The van der Waals surface area contributed by atoms with Gasteiger partial charge >= 0.3 is 0 Å². The zero-order valence-electron chi connectivity index (χ0n) is 16.0. The number of carbonyl (C=O) groups is 1. The number of amides is 1. The van der Waals surface area contributed by atoms with Gasteiger partial charge in [-0.25, -0.2) is 8.42 Å². The second kappa shape index (κ2) is 8.10. The van der Waals surface area contributed by atoms with E-state index in [0.717, 1.165) is 0 Å². The molecule has 2 heterocycles. The highest BCUT2D eigenvalue weighted by Crippen LogP contribution is 2.38. The average Bonchev–Trinajstić information content (AvgIpc) is 2.68. The van der Waals surface area contributed by atoms with Crippen molar-refractivity contribution < 1.29 is 17.9 Å². The Hall–Kier alpha value is -2.10. The van der Waals surface area contributed by atoms with E-state index in [1.807, 2.05) is 13.8 Å². The van der Waals surface area contributed by atoms with Crippen LogP contribution in [0.25, 0.3) is 0 Å². The number of likely N-dealkylation sites (N-methyl/N-ethyl adjacent to an activating group) is 1. The second-order valence-corrected chi connectivity index (χ2v) is 10.5. The van der Waals surface area contributed by atoms with E-state index in [2.05, 4.69) is 10.3 Å². The van der Waals surface area contributed by atoms with E-state index in [-0.39, 0.29) is 17.3 Å². The molecule has 1 fully saturated rings. The van der Waals surface area contributed by atoms with Gasteiger partial charge in [-0.2, -0.15) is 16.1 Å². The number of hydrogen-bond acceptors (Lipinski definition) is 6. The minimum absolute atomic E-state index is 0.131. The molecule has 1 aromatic heterocycles. The lowest BCUT2D eigenvalue weighted by atomic mass is 10.0. The molecule has 0 aliphatic carbocycles. The number of aromatic nitrogens is 1. The molecule has 0 radical (unpaired) electrons. The Kier molecular flexibility index (Phi) is 5.97. The number of ether oxygens (including phenoxy) is 1. The third kappa shape index (κ3) is 4.16. The van der Waals surface area contributed by atoms with Gasteiger partial charge in [0.1, 0.15) is 17.5 Å². The first-order valence-corrected chi connectivity index (χ1v) is 11.2. The fraction of sp³-hybridized carbons (Fsp3) is 0.368. The van der Waals surface area contributed by atoms with Crippen molar-refractivity contribution in [3.8, 4) is 11.5 Å². The molecule has 7 nitrogen and oxygen atoms in total. The Morgan fingerprint density at radius 3 is 2.39 bits per heavy atom. The van der Waals surface area contributed by atoms with Crippen LogP contribution < -0.4 is 10.1 Å². The molecule has 28 heavy (non-hydrogen) atoms. The van der Waals surface area contributed by atoms with E-state index in [9.17, 15) is 13.2 Å². The van der Waals surface area contributed by atoms with Crippen LogP contribution in [-0.4, -0.2) is 53.7 Å². The summed E-state index contributed by atoms with van der Waals surface area (Å²) in [5, 5.41) is 2.60. The monoisotopic (exact) mass is 421 g/mol. The van der Waals surface area contributed by atoms with Crippen molar-refractivity contribution >= 4 is 27.7 Å². The van der Waals surface area contributed by atoms with Crippen LogP contribution in [0.5, 0.6) is 11.5 Å². The van der Waals surface area contributed by atoms with Crippen molar-refractivity contribution in [2.24, 2.45) is 0 Å². The summed E-state index contributed by atoms with van der Waals surface area (Å²) in [6.45, 7) is 4.07. The lowest BCUT2D eigenvalue weighted by Gasteiger charge is -2.43. The first kappa shape index (κ1) is 20.6. The van der Waals surface area contributed by atoms with Crippen LogP contribution in [0.3, 0.4) is 0 Å². The number of rotatable bonds is 5. The van der Waals surface area contributed by atoms with E-state index < -0.39 is 20.8 Å². The highest BCUT2D eigenvalue weighted by atomic mass is 32.2. The topological polar surface area (TPSA) is 88.6 Å². The van der Waals surface area contributed by atoms with Gasteiger partial charge in [-0.3, -0.25) is 9.78 Å². The highest BCUT2D eigenvalue weighted by molar-refractivity contribution is 8.00. The molecule has 1 atom stereocenters. The third-order valence-electron chi connectivity index (χ3n) is 4.54. The van der Waals surface area contributed by atoms with E-state index in [1.54, 1.807) is 48.4 Å². The molecule has 0 bridgehead atoms. The summed E-state index contributed by atoms with van der Waals surface area (Å²) in [4.78, 5) is 16.5. The van der Waals surface area contributed by atoms with E-state index in [1.165, 1.54) is 23.5 Å². The van der Waals surface area contributed by atoms with Gasteiger partial charge in [0.2, 0.25) is 15.9 Å². The summed E-state index contributed by atoms with van der Waals surface area (Å²) < 4.78 is 33.0. The van der Waals surface area contributed by atoms with Crippen molar-refractivity contribution in [2.75, 3.05) is 19.3 Å². The number of sulfonamides is 1. The van der Waals surface area contributed by atoms with Gasteiger partial charge in [-0.05, 0) is 50.2 Å². The molecule has 9 heteroatoms. The summed E-state index contributed by atoms with van der Waals surface area (Å²) in [5.41, 5.74) is 0. The molecule has 1 aliphatic heterocycles. The highest BCUT2D eigenvalue weighted by Gasteiger charge is 2.47. The first-order valence-electron chi connectivity index (χ1n) is 8.81. The molecule has 1 N–H and O–H groups in total. The third-order valence-corrected chi connectivity index (χ3v) is 7.78. The fourth-order valence-electron chi connectivity index (χ4n) is 3.15. The lowest BCUT2D eigenvalue weighted by Crippen LogP contribution is -2.60. The van der Waals surface area contributed by atoms with Gasteiger partial charge in [-0.15, -0.1) is 0 Å². The number of carbonyl (C=O) groups excluding carboxylic acids is 1. The molecule has 1 amide bonds. The number of hydrogen-bond donors (Lipinski definition) is 1. The molecule has 0 unspecified atom stereocenters. The Labute approximate surface area is 169 Å². The summed E-state index contributed by atoms with van der Waals surface area (Å²) >= 11 is 1.60. The molecular formula is C19H23N3O4S2. The van der Waals surface area contributed by atoms with Gasteiger partial charge in [0, 0.05) is 36.5 Å². The zero-order chi connectivity index (χ0) is 20.4. The van der Waals surface area contributed by atoms with Gasteiger partial charge < -0.3 is 10.1 Å². The van der Waals surface area contributed by atoms with E-state index >= 15 is 0 Å². The average molecular weight is 422 g/mol. The lowest BCUT2D eigenvalue weighted by molar-refractivity contribution is -0.125. The van der Waals surface area contributed by atoms with E-state index in [4.69, 9.17) is 4.74 Å². The first-order chi connectivity index (χ1) is 13.3. The van der Waals surface area contributed by atoms with E-state index in [0.29, 0.717) is 17.3 Å². The Morgan fingerprint density at radius 2 is 1.79 bits per heavy atom. The molecule has 1 aromatic carbocycles. The van der Waals surface area contributed by atoms with Crippen LogP contribution in [0.4, 0.5) is 0 Å². The molecule has 2 aromatic rings. The SMILES string of the molecule is CNC(=O)[C@@H]1N(S(=O)(=O)c2ccc(Oc3ccncc3)cc2)CCSC1(C)C. The summed E-state index contributed by atoms with van der Waals surface area (Å²) in [6, 6.07) is 8.85. The fourth-order valence-corrected chi connectivity index (χ4v) is 6.26. The second-order valence-electron chi connectivity index (χ2n) is 6.84. The molecule has 0 saturated carbocycles. The molecule has 1 saturated heterocycles. The molecule has 1 aliphatic rings. The largest absolute Gasteiger partial charge is 0.457 e. The number of thioether (sulfide) groups is 1. The predicted molar refractivity (Wildman–Crippen MR) is 109 cm³/mol. The summed E-state index contributed by atoms with van der Waals surface area (Å²) in [7, 11) is -2.31. The summed E-state index contributed by atoms with van der Waals surface area (Å²) in [5.74, 6) is 1.45. The molecule has 0 spiro atoms. The standard InChI is InChI=1S/C19H23N3O4S2/c1-19(2)17(18(23)20-3)22(12-13-27-19)28(24,25)16-6-4-14(5-7-16)26-15-8-10-21-11-9-15/h4-11,17H,12-13H2,1-3H3,(H,20,23)/t17-/m0/s1. The minimum atomic E-state index is -3.83. The smallest absolute Gasteiger partial charge is 0.243 e. The minimum Gasteiger partial charge on any atom is -0.457 e. The van der Waals surface area contributed by atoms with Crippen molar-refractivity contribution in [3.05, 3.63) is 48.8 Å². The Balaban J connectivity index is 1.87. The zero-order valence-corrected chi connectivity index (χ0v) is 17.6. The van der Waals surface area contributed by atoms with Gasteiger partial charge in [-0.1, -0.05) is 0 Å². The number of pyridine rings is 1. The maximum Gasteiger partial charge on any atom is 0.243 e. The Bertz CT molecular complexity index is 931. The van der Waals surface area contributed by atoms with Crippen LogP contribution in [0, 0.1) is 0 Å². The van der Waals surface area contributed by atoms with Gasteiger partial charge in [0.25, 0.3) is 0 Å². The quantitative estimate of drug-likeness (QED) is 0.798. The predicted octanol–water partition coefficient (Wildman–Crippen LogP) is 2.50.